The Hall–Kier alpha value is -3.17. The lowest BCUT2D eigenvalue weighted by Gasteiger charge is -2.32. The molecule has 1 aromatic heterocycles. The van der Waals surface area contributed by atoms with E-state index in [1.54, 1.807) is 34.9 Å². The number of thioether (sulfide) groups is 1. The maximum absolute atomic E-state index is 14.9. The minimum atomic E-state index is -1.33. The quantitative estimate of drug-likeness (QED) is 0.587. The first-order chi connectivity index (χ1) is 14.2. The van der Waals surface area contributed by atoms with Crippen LogP contribution in [0.15, 0.2) is 46.2 Å². The smallest absolute Gasteiger partial charge is 0.342 e. The number of nitrogens with zero attached hydrogens (tertiary/aromatic N) is 1. The van der Waals surface area contributed by atoms with Crippen LogP contribution in [0.1, 0.15) is 29.6 Å². The van der Waals surface area contributed by atoms with Crippen LogP contribution in [0.4, 0.5) is 10.1 Å². The van der Waals surface area contributed by atoms with E-state index in [4.69, 9.17) is 0 Å². The lowest BCUT2D eigenvalue weighted by atomic mass is 10.0. The first-order valence-electron chi connectivity index (χ1n) is 9.10. The minimum absolute atomic E-state index is 0.0189. The van der Waals surface area contributed by atoms with E-state index in [-0.39, 0.29) is 21.9 Å². The number of carbonyl (C=O) groups is 2. The van der Waals surface area contributed by atoms with Crippen molar-refractivity contribution >= 4 is 40.2 Å². The second-order valence-corrected chi connectivity index (χ2v) is 8.30. The molecular weight excluding hydrogens is 411 g/mol. The van der Waals surface area contributed by atoms with Crippen LogP contribution < -0.4 is 10.7 Å². The molecule has 0 aliphatic carbocycles. The number of hydrogen-bond donors (Lipinski definition) is 3. The summed E-state index contributed by atoms with van der Waals surface area (Å²) in [5.41, 5.74) is 0.641. The lowest BCUT2D eigenvalue weighted by molar-refractivity contribution is -0.123. The molecule has 2 aromatic carbocycles. The molecule has 1 aliphatic rings. The number of carbonyl (C=O) groups excluding carboxylic acids is 1. The van der Waals surface area contributed by atoms with E-state index in [0.29, 0.717) is 21.8 Å². The molecule has 0 bridgehead atoms. The average Bonchev–Trinajstić information content (AvgIpc) is 2.68. The van der Waals surface area contributed by atoms with Gasteiger partial charge in [0.15, 0.2) is 0 Å². The van der Waals surface area contributed by atoms with Crippen LogP contribution in [-0.4, -0.2) is 32.8 Å². The van der Waals surface area contributed by atoms with Gasteiger partial charge in [0.25, 0.3) is 5.91 Å². The first kappa shape index (κ1) is 20.1. The number of rotatable bonds is 4. The van der Waals surface area contributed by atoms with Crippen molar-refractivity contribution in [1.29, 1.82) is 0 Å². The molecule has 0 radical (unpaired) electrons. The summed E-state index contributed by atoms with van der Waals surface area (Å²) in [7, 11) is 0. The predicted molar refractivity (Wildman–Crippen MR) is 111 cm³/mol. The third-order valence-electron chi connectivity index (χ3n) is 4.95. The van der Waals surface area contributed by atoms with Gasteiger partial charge in [0.1, 0.15) is 17.5 Å². The van der Waals surface area contributed by atoms with Crippen molar-refractivity contribution in [3.8, 4) is 11.1 Å². The van der Waals surface area contributed by atoms with Gasteiger partial charge in [-0.25, -0.2) is 9.18 Å². The molecule has 7 nitrogen and oxygen atoms in total. The van der Waals surface area contributed by atoms with Crippen molar-refractivity contribution in [2.75, 3.05) is 5.32 Å². The van der Waals surface area contributed by atoms with Gasteiger partial charge in [-0.2, -0.15) is 0 Å². The maximum atomic E-state index is 14.9. The Morgan fingerprint density at radius 3 is 2.47 bits per heavy atom. The van der Waals surface area contributed by atoms with Crippen LogP contribution in [0.2, 0.25) is 0 Å². The zero-order valence-electron chi connectivity index (χ0n) is 16.0. The number of hydrogen-bond acceptors (Lipinski definition) is 5. The molecule has 2 atom stereocenters. The van der Waals surface area contributed by atoms with E-state index >= 15 is 0 Å². The van der Waals surface area contributed by atoms with Crippen LogP contribution >= 0.6 is 11.8 Å². The standard InChI is InChI=1S/C21H17FN2O5S/c1-9(25)19(27)23-12-5-3-11(4-6-12)13-8-16-14(7-15(13)22)18(26)17(21(28)29)20-24(16)10(2)30-20/h3-10,25H,1-2H3,(H,23,27)(H,28,29). The highest BCUT2D eigenvalue weighted by molar-refractivity contribution is 8.00. The van der Waals surface area contributed by atoms with Crippen molar-refractivity contribution in [3.05, 3.63) is 58.0 Å². The van der Waals surface area contributed by atoms with E-state index in [1.807, 2.05) is 6.92 Å². The van der Waals surface area contributed by atoms with Gasteiger partial charge < -0.3 is 20.1 Å². The molecular formula is C21H17FN2O5S. The third kappa shape index (κ3) is 3.16. The summed E-state index contributed by atoms with van der Waals surface area (Å²) >= 11 is 1.28. The number of aliphatic hydroxyl groups excluding tert-OH is 1. The van der Waals surface area contributed by atoms with Gasteiger partial charge >= 0.3 is 5.97 Å². The Labute approximate surface area is 174 Å². The molecule has 1 amide bonds. The average molecular weight is 428 g/mol. The van der Waals surface area contributed by atoms with Crippen LogP contribution in [0.3, 0.4) is 0 Å². The maximum Gasteiger partial charge on any atom is 0.342 e. The zero-order chi connectivity index (χ0) is 21.7. The summed E-state index contributed by atoms with van der Waals surface area (Å²) in [5, 5.41) is 21.5. The largest absolute Gasteiger partial charge is 0.477 e. The highest BCUT2D eigenvalue weighted by Gasteiger charge is 2.33. The van der Waals surface area contributed by atoms with E-state index in [0.717, 1.165) is 6.07 Å². The normalized spacial score (nSPS) is 15.9. The third-order valence-corrected chi connectivity index (χ3v) is 6.13. The molecule has 3 aromatic rings. The number of carboxylic acids is 1. The molecule has 2 heterocycles. The van der Waals surface area contributed by atoms with Gasteiger partial charge in [-0.1, -0.05) is 23.9 Å². The van der Waals surface area contributed by atoms with Crippen molar-refractivity contribution < 1.29 is 24.2 Å². The highest BCUT2D eigenvalue weighted by atomic mass is 32.2. The molecule has 3 N–H and O–H groups in total. The number of fused-ring (bicyclic) bond motifs is 3. The van der Waals surface area contributed by atoms with Crippen LogP contribution in [0.25, 0.3) is 22.0 Å². The summed E-state index contributed by atoms with van der Waals surface area (Å²) < 4.78 is 16.6. The van der Waals surface area contributed by atoms with Crippen molar-refractivity contribution in [2.45, 2.75) is 30.4 Å². The fourth-order valence-corrected chi connectivity index (χ4v) is 4.59. The molecule has 0 saturated carbocycles. The fraction of sp³-hybridized carbons (Fsp3) is 0.190. The number of pyridine rings is 1. The van der Waals surface area contributed by atoms with E-state index in [2.05, 4.69) is 5.32 Å². The van der Waals surface area contributed by atoms with Crippen LogP contribution in [0.5, 0.6) is 0 Å². The number of anilines is 1. The van der Waals surface area contributed by atoms with Crippen LogP contribution in [0, 0.1) is 5.82 Å². The first-order valence-corrected chi connectivity index (χ1v) is 9.98. The number of aliphatic hydroxyl groups is 1. The predicted octanol–water partition coefficient (Wildman–Crippen LogP) is 3.45. The number of nitrogens with one attached hydrogen (secondary N) is 1. The van der Waals surface area contributed by atoms with Crippen molar-refractivity contribution in [2.24, 2.45) is 0 Å². The number of carboxylic acid groups (broad SMARTS) is 1. The summed E-state index contributed by atoms with van der Waals surface area (Å²) in [4.78, 5) is 35.8. The summed E-state index contributed by atoms with van der Waals surface area (Å²) in [6, 6.07) is 9.00. The monoisotopic (exact) mass is 428 g/mol. The van der Waals surface area contributed by atoms with Crippen molar-refractivity contribution in [1.82, 2.24) is 4.57 Å². The second-order valence-electron chi connectivity index (χ2n) is 6.99. The van der Waals surface area contributed by atoms with E-state index in [1.165, 1.54) is 18.7 Å². The van der Waals surface area contributed by atoms with Gasteiger partial charge in [0.05, 0.1) is 15.9 Å². The SMILES string of the molecule is CC(O)C(=O)Nc1ccc(-c2cc3c(cc2F)c(=O)c(C(=O)O)c2n3C(C)S2)cc1. The summed E-state index contributed by atoms with van der Waals surface area (Å²) in [5.74, 6) is -2.54. The molecule has 0 saturated heterocycles. The molecule has 9 heteroatoms. The van der Waals surface area contributed by atoms with E-state index in [9.17, 15) is 29.0 Å². The lowest BCUT2D eigenvalue weighted by Crippen LogP contribution is -2.28. The second kappa shape index (κ2) is 7.26. The van der Waals surface area contributed by atoms with Crippen molar-refractivity contribution in [3.63, 3.8) is 0 Å². The highest BCUT2D eigenvalue weighted by Crippen LogP contribution is 2.46. The van der Waals surface area contributed by atoms with Gasteiger partial charge in [0.2, 0.25) is 5.43 Å². The molecule has 0 fully saturated rings. The van der Waals surface area contributed by atoms with E-state index < -0.39 is 29.2 Å². The Balaban J connectivity index is 1.83. The van der Waals surface area contributed by atoms with Gasteiger partial charge in [-0.15, -0.1) is 0 Å². The number of amides is 1. The number of aromatic nitrogens is 1. The Morgan fingerprint density at radius 1 is 1.23 bits per heavy atom. The number of aromatic carboxylic acids is 1. The van der Waals surface area contributed by atoms with Gasteiger partial charge in [0, 0.05) is 16.6 Å². The Bertz CT molecular complexity index is 1270. The minimum Gasteiger partial charge on any atom is -0.477 e. The number of halogens is 1. The Morgan fingerprint density at radius 2 is 1.90 bits per heavy atom. The topological polar surface area (TPSA) is 109 Å². The molecule has 1 aliphatic heterocycles. The Kier molecular flexibility index (Phi) is 4.87. The van der Waals surface area contributed by atoms with Crippen LogP contribution in [-0.2, 0) is 4.79 Å². The summed E-state index contributed by atoms with van der Waals surface area (Å²) in [6.07, 6.45) is -1.16. The molecule has 30 heavy (non-hydrogen) atoms. The number of benzene rings is 2. The summed E-state index contributed by atoms with van der Waals surface area (Å²) in [6.45, 7) is 3.22. The van der Waals surface area contributed by atoms with Gasteiger partial charge in [-0.05, 0) is 43.7 Å². The molecule has 0 spiro atoms. The van der Waals surface area contributed by atoms with Gasteiger partial charge in [-0.3, -0.25) is 9.59 Å². The molecule has 2 unspecified atom stereocenters. The molecule has 154 valence electrons. The fourth-order valence-electron chi connectivity index (χ4n) is 3.44. The zero-order valence-corrected chi connectivity index (χ0v) is 16.8. The molecule has 4 rings (SSSR count).